The molecule has 0 unspecified atom stereocenters. The van der Waals surface area contributed by atoms with Gasteiger partial charge in [0.05, 0.1) is 5.60 Å². The van der Waals surface area contributed by atoms with Crippen molar-refractivity contribution in [2.24, 2.45) is 5.92 Å². The van der Waals surface area contributed by atoms with Gasteiger partial charge in [0.25, 0.3) is 5.56 Å². The maximum atomic E-state index is 13.1. The second-order valence-electron chi connectivity index (χ2n) is 8.57. The van der Waals surface area contributed by atoms with Crippen LogP contribution in [0.25, 0.3) is 0 Å². The van der Waals surface area contributed by atoms with Crippen LogP contribution in [0.15, 0.2) is 16.9 Å². The molecule has 0 radical (unpaired) electrons. The van der Waals surface area contributed by atoms with Gasteiger partial charge in [0.1, 0.15) is 0 Å². The topological polar surface area (TPSA) is 46.5 Å². The summed E-state index contributed by atoms with van der Waals surface area (Å²) in [4.78, 5) is 15.5. The summed E-state index contributed by atoms with van der Waals surface area (Å²) >= 11 is 0. The van der Waals surface area contributed by atoms with Crippen LogP contribution in [0.1, 0.15) is 49.3 Å². The molecule has 5 nitrogen and oxygen atoms in total. The van der Waals surface area contributed by atoms with Crippen molar-refractivity contribution in [3.05, 3.63) is 33.7 Å². The lowest BCUT2D eigenvalue weighted by Gasteiger charge is -2.39. The maximum Gasteiger partial charge on any atom is 0.255 e. The number of rotatable bonds is 2. The minimum atomic E-state index is 0. The second kappa shape index (κ2) is 8.42. The maximum absolute atomic E-state index is 13.1. The summed E-state index contributed by atoms with van der Waals surface area (Å²) in [5, 5.41) is 3.52. The number of pyridine rings is 1. The summed E-state index contributed by atoms with van der Waals surface area (Å²) in [6, 6.07) is 4.32. The molecule has 5 heterocycles. The van der Waals surface area contributed by atoms with E-state index < -0.39 is 0 Å². The molecule has 0 amide bonds. The zero-order chi connectivity index (χ0) is 16.9. The molecular formula is C20H31Cl2N3O2. The third-order valence-corrected chi connectivity index (χ3v) is 6.93. The van der Waals surface area contributed by atoms with Gasteiger partial charge in [-0.1, -0.05) is 6.07 Å². The summed E-state index contributed by atoms with van der Waals surface area (Å²) in [5.74, 6) is 1.14. The van der Waals surface area contributed by atoms with Gasteiger partial charge in [-0.25, -0.2) is 0 Å². The largest absolute Gasteiger partial charge is 0.375 e. The van der Waals surface area contributed by atoms with Gasteiger partial charge in [-0.3, -0.25) is 9.69 Å². The average molecular weight is 416 g/mol. The first-order chi connectivity index (χ1) is 12.2. The molecule has 4 aliphatic heterocycles. The van der Waals surface area contributed by atoms with Gasteiger partial charge >= 0.3 is 0 Å². The van der Waals surface area contributed by atoms with Crippen LogP contribution in [-0.4, -0.2) is 47.9 Å². The molecule has 0 aliphatic carbocycles. The fourth-order valence-electron chi connectivity index (χ4n) is 5.47. The lowest BCUT2D eigenvalue weighted by Crippen LogP contribution is -2.46. The number of hydrogen-bond acceptors (Lipinski definition) is 4. The predicted molar refractivity (Wildman–Crippen MR) is 111 cm³/mol. The zero-order valence-electron chi connectivity index (χ0n) is 15.8. The van der Waals surface area contributed by atoms with Crippen molar-refractivity contribution in [3.8, 4) is 0 Å². The van der Waals surface area contributed by atoms with Gasteiger partial charge in [-0.15, -0.1) is 24.8 Å². The number of nitrogens with one attached hydrogen (secondary N) is 1. The third kappa shape index (κ3) is 3.95. The molecule has 27 heavy (non-hydrogen) atoms. The van der Waals surface area contributed by atoms with Crippen molar-refractivity contribution in [1.29, 1.82) is 0 Å². The van der Waals surface area contributed by atoms with Crippen molar-refractivity contribution < 1.29 is 4.74 Å². The molecule has 2 bridgehead atoms. The highest BCUT2D eigenvalue weighted by Gasteiger charge is 2.38. The van der Waals surface area contributed by atoms with Crippen LogP contribution in [-0.2, 0) is 17.8 Å². The predicted octanol–water partition coefficient (Wildman–Crippen LogP) is 2.54. The number of likely N-dealkylation sites (tertiary alicyclic amines) is 1. The molecule has 3 saturated heterocycles. The van der Waals surface area contributed by atoms with E-state index in [1.807, 2.05) is 0 Å². The average Bonchev–Trinajstić information content (AvgIpc) is 3.08. The molecule has 3 fully saturated rings. The van der Waals surface area contributed by atoms with Crippen molar-refractivity contribution >= 4 is 24.8 Å². The first-order valence-electron chi connectivity index (χ1n) is 10.0. The summed E-state index contributed by atoms with van der Waals surface area (Å²) in [5.41, 5.74) is 2.63. The summed E-state index contributed by atoms with van der Waals surface area (Å²) in [7, 11) is 0. The molecule has 4 aliphatic rings. The molecule has 0 saturated carbocycles. The van der Waals surface area contributed by atoms with Gasteiger partial charge in [-0.05, 0) is 50.6 Å². The fourth-order valence-corrected chi connectivity index (χ4v) is 5.47. The molecule has 5 rings (SSSR count). The number of ether oxygens (including phenoxy) is 1. The van der Waals surface area contributed by atoms with Crippen LogP contribution >= 0.6 is 24.8 Å². The Hall–Kier alpha value is -0.590. The summed E-state index contributed by atoms with van der Waals surface area (Å²) in [6.45, 7) is 6.80. The Morgan fingerprint density at radius 2 is 1.96 bits per heavy atom. The second-order valence-corrected chi connectivity index (χ2v) is 8.57. The van der Waals surface area contributed by atoms with Crippen molar-refractivity contribution in [2.75, 3.05) is 32.8 Å². The monoisotopic (exact) mass is 415 g/mol. The SMILES string of the molecule is Cl.Cl.O=c1c(CN2CCC3(CCCO3)CC2)ccc2n1C[C@@H]1CNC[C@H]2C1. The van der Waals surface area contributed by atoms with Crippen molar-refractivity contribution in [1.82, 2.24) is 14.8 Å². The molecule has 1 aromatic rings. The first-order valence-corrected chi connectivity index (χ1v) is 10.0. The van der Waals surface area contributed by atoms with E-state index in [1.165, 1.54) is 25.0 Å². The summed E-state index contributed by atoms with van der Waals surface area (Å²) in [6.07, 6.45) is 5.91. The quantitative estimate of drug-likeness (QED) is 0.805. The Labute approximate surface area is 173 Å². The number of piperidine rings is 2. The van der Waals surface area contributed by atoms with Gasteiger partial charge in [0.15, 0.2) is 0 Å². The number of nitrogens with zero attached hydrogens (tertiary/aromatic N) is 2. The normalized spacial score (nSPS) is 28.9. The number of halogens is 2. The van der Waals surface area contributed by atoms with E-state index in [0.29, 0.717) is 11.8 Å². The highest BCUT2D eigenvalue weighted by Crippen LogP contribution is 2.36. The number of hydrogen-bond donors (Lipinski definition) is 1. The fraction of sp³-hybridized carbons (Fsp3) is 0.750. The Morgan fingerprint density at radius 3 is 2.70 bits per heavy atom. The van der Waals surface area contributed by atoms with E-state index in [1.54, 1.807) is 0 Å². The van der Waals surface area contributed by atoms with Gasteiger partial charge in [0, 0.05) is 56.5 Å². The van der Waals surface area contributed by atoms with E-state index in [2.05, 4.69) is 26.9 Å². The minimum Gasteiger partial charge on any atom is -0.375 e. The Bertz CT molecular complexity index is 708. The van der Waals surface area contributed by atoms with Crippen LogP contribution in [0.3, 0.4) is 0 Å². The van der Waals surface area contributed by atoms with Crippen molar-refractivity contribution in [2.45, 2.75) is 56.7 Å². The van der Waals surface area contributed by atoms with E-state index in [0.717, 1.165) is 64.3 Å². The summed E-state index contributed by atoms with van der Waals surface area (Å²) < 4.78 is 8.11. The zero-order valence-corrected chi connectivity index (χ0v) is 17.5. The highest BCUT2D eigenvalue weighted by molar-refractivity contribution is 5.85. The van der Waals surface area contributed by atoms with Gasteiger partial charge in [0.2, 0.25) is 0 Å². The van der Waals surface area contributed by atoms with Crippen LogP contribution in [0.5, 0.6) is 0 Å². The number of aromatic nitrogens is 1. The molecule has 1 spiro atoms. The van der Waals surface area contributed by atoms with Crippen molar-refractivity contribution in [3.63, 3.8) is 0 Å². The van der Waals surface area contributed by atoms with E-state index in [-0.39, 0.29) is 36.0 Å². The number of fused-ring (bicyclic) bond motifs is 4. The minimum absolute atomic E-state index is 0. The Balaban J connectivity index is 0.00000105. The lowest BCUT2D eigenvalue weighted by molar-refractivity contribution is -0.0448. The third-order valence-electron chi connectivity index (χ3n) is 6.93. The molecular weight excluding hydrogens is 385 g/mol. The van der Waals surface area contributed by atoms with Gasteiger partial charge < -0.3 is 14.6 Å². The van der Waals surface area contributed by atoms with Crippen LogP contribution < -0.4 is 10.9 Å². The smallest absolute Gasteiger partial charge is 0.255 e. The molecule has 152 valence electrons. The van der Waals surface area contributed by atoms with Crippen LogP contribution in [0.4, 0.5) is 0 Å². The molecule has 7 heteroatoms. The van der Waals surface area contributed by atoms with E-state index >= 15 is 0 Å². The molecule has 0 aromatic carbocycles. The molecule has 2 atom stereocenters. The van der Waals surface area contributed by atoms with Crippen LogP contribution in [0.2, 0.25) is 0 Å². The van der Waals surface area contributed by atoms with E-state index in [9.17, 15) is 4.79 Å². The first kappa shape index (κ1) is 21.1. The Kier molecular flexibility index (Phi) is 6.59. The lowest BCUT2D eigenvalue weighted by atomic mass is 9.84. The molecule has 1 N–H and O–H groups in total. The standard InChI is InChI=1S/C20H29N3O2.2ClH/c24-19-16(14-22-7-5-20(6-8-22)4-1-9-25-20)2-3-18-17-10-15(11-21-12-17)13-23(18)19;;/h2-3,15,17,21H,1,4-14H2;2*1H/t15-,17+;;/m0../s1. The Morgan fingerprint density at radius 1 is 1.15 bits per heavy atom. The van der Waals surface area contributed by atoms with Gasteiger partial charge in [-0.2, -0.15) is 0 Å². The highest BCUT2D eigenvalue weighted by atomic mass is 35.5. The molecule has 1 aromatic heterocycles. The van der Waals surface area contributed by atoms with Crippen LogP contribution in [0, 0.1) is 5.92 Å². The van der Waals surface area contributed by atoms with E-state index in [4.69, 9.17) is 4.74 Å².